The van der Waals surface area contributed by atoms with Gasteiger partial charge < -0.3 is 14.8 Å². The fraction of sp³-hybridized carbons (Fsp3) is 0.875. The minimum Gasteiger partial charge on any atom is -0.469 e. The highest BCUT2D eigenvalue weighted by Gasteiger charge is 2.07. The van der Waals surface area contributed by atoms with Crippen LogP contribution in [0.3, 0.4) is 0 Å². The van der Waals surface area contributed by atoms with E-state index < -0.39 is 0 Å². The second kappa shape index (κ2) is 7.06. The van der Waals surface area contributed by atoms with E-state index in [2.05, 4.69) is 10.1 Å². The number of ether oxygens (including phenoxy) is 2. The zero-order valence-corrected chi connectivity index (χ0v) is 7.92. The maximum atomic E-state index is 10.8. The lowest BCUT2D eigenvalue weighted by Gasteiger charge is -2.11. The van der Waals surface area contributed by atoms with Gasteiger partial charge in [0, 0.05) is 19.7 Å². The molecule has 0 amide bonds. The lowest BCUT2D eigenvalue weighted by molar-refractivity contribution is -0.141. The number of carbonyl (C=O) groups is 1. The number of carbonyl (C=O) groups excluding carboxylic acids is 1. The molecule has 0 saturated carbocycles. The minimum atomic E-state index is -0.188. The third-order valence-electron chi connectivity index (χ3n) is 1.50. The molecular weight excluding hydrogens is 158 g/mol. The number of rotatable bonds is 6. The highest BCUT2D eigenvalue weighted by Crippen LogP contribution is 1.91. The van der Waals surface area contributed by atoms with E-state index in [0.29, 0.717) is 13.0 Å². The van der Waals surface area contributed by atoms with Crippen LogP contribution in [0.4, 0.5) is 0 Å². The summed E-state index contributed by atoms with van der Waals surface area (Å²) in [5.74, 6) is -0.188. The molecule has 0 saturated heterocycles. The van der Waals surface area contributed by atoms with Gasteiger partial charge in [-0.05, 0) is 6.92 Å². The molecule has 1 atom stereocenters. The van der Waals surface area contributed by atoms with Gasteiger partial charge in [-0.3, -0.25) is 4.79 Å². The van der Waals surface area contributed by atoms with E-state index in [1.54, 1.807) is 7.11 Å². The molecule has 0 heterocycles. The molecule has 0 aliphatic heterocycles. The molecule has 4 nitrogen and oxygen atoms in total. The fourth-order valence-electron chi connectivity index (χ4n) is 0.813. The zero-order valence-electron chi connectivity index (χ0n) is 7.92. The summed E-state index contributed by atoms with van der Waals surface area (Å²) in [4.78, 5) is 10.8. The molecule has 0 aromatic rings. The molecule has 1 N–H and O–H groups in total. The van der Waals surface area contributed by atoms with Crippen LogP contribution in [0.5, 0.6) is 0 Å². The maximum Gasteiger partial charge on any atom is 0.307 e. The summed E-state index contributed by atoms with van der Waals surface area (Å²) in [6.45, 7) is 3.35. The van der Waals surface area contributed by atoms with E-state index in [9.17, 15) is 4.79 Å². The molecule has 0 aromatic carbocycles. The second-order valence-corrected chi connectivity index (χ2v) is 2.63. The smallest absolute Gasteiger partial charge is 0.307 e. The largest absolute Gasteiger partial charge is 0.469 e. The summed E-state index contributed by atoms with van der Waals surface area (Å²) in [6, 6.07) is 0.146. The van der Waals surface area contributed by atoms with E-state index in [1.165, 1.54) is 7.11 Å². The summed E-state index contributed by atoms with van der Waals surface area (Å²) in [5.41, 5.74) is 0. The molecule has 4 heteroatoms. The Bertz CT molecular complexity index is 127. The van der Waals surface area contributed by atoms with Crippen molar-refractivity contribution >= 4 is 5.97 Å². The Balaban J connectivity index is 3.32. The third-order valence-corrected chi connectivity index (χ3v) is 1.50. The van der Waals surface area contributed by atoms with Gasteiger partial charge in [0.15, 0.2) is 0 Å². The van der Waals surface area contributed by atoms with E-state index in [0.717, 1.165) is 6.54 Å². The van der Waals surface area contributed by atoms with Crippen molar-refractivity contribution in [1.82, 2.24) is 5.32 Å². The van der Waals surface area contributed by atoms with Crippen LogP contribution in [0.25, 0.3) is 0 Å². The number of hydrogen-bond acceptors (Lipinski definition) is 4. The maximum absolute atomic E-state index is 10.8. The molecule has 0 bridgehead atoms. The van der Waals surface area contributed by atoms with Crippen LogP contribution < -0.4 is 5.32 Å². The molecule has 0 spiro atoms. The van der Waals surface area contributed by atoms with Crippen LogP contribution in [0.1, 0.15) is 13.3 Å². The fourth-order valence-corrected chi connectivity index (χ4v) is 0.813. The Morgan fingerprint density at radius 3 is 2.67 bits per heavy atom. The average Bonchev–Trinajstić information content (AvgIpc) is 2.05. The second-order valence-electron chi connectivity index (χ2n) is 2.63. The topological polar surface area (TPSA) is 47.6 Å². The first-order valence-electron chi connectivity index (χ1n) is 3.99. The van der Waals surface area contributed by atoms with E-state index in [-0.39, 0.29) is 12.0 Å². The van der Waals surface area contributed by atoms with Crippen molar-refractivity contribution in [2.45, 2.75) is 19.4 Å². The van der Waals surface area contributed by atoms with Crippen molar-refractivity contribution < 1.29 is 14.3 Å². The Morgan fingerprint density at radius 1 is 1.50 bits per heavy atom. The van der Waals surface area contributed by atoms with E-state index in [4.69, 9.17) is 4.74 Å². The van der Waals surface area contributed by atoms with Crippen LogP contribution >= 0.6 is 0 Å². The molecule has 0 aromatic heterocycles. The lowest BCUT2D eigenvalue weighted by Crippen LogP contribution is -2.31. The average molecular weight is 175 g/mol. The van der Waals surface area contributed by atoms with Gasteiger partial charge in [0.25, 0.3) is 0 Å². The number of nitrogens with one attached hydrogen (secondary N) is 1. The van der Waals surface area contributed by atoms with Gasteiger partial charge in [-0.15, -0.1) is 0 Å². The highest BCUT2D eigenvalue weighted by molar-refractivity contribution is 5.69. The predicted molar refractivity (Wildman–Crippen MR) is 46.0 cm³/mol. The molecular formula is C8H17NO3. The molecule has 0 rings (SSSR count). The van der Waals surface area contributed by atoms with Crippen molar-refractivity contribution in [2.75, 3.05) is 27.4 Å². The van der Waals surface area contributed by atoms with E-state index in [1.807, 2.05) is 6.92 Å². The first kappa shape index (κ1) is 11.4. The number of esters is 1. The van der Waals surface area contributed by atoms with Crippen molar-refractivity contribution in [1.29, 1.82) is 0 Å². The SMILES string of the molecule is COCCNC(C)CC(=O)OC. The van der Waals surface area contributed by atoms with Crippen LogP contribution in [-0.4, -0.2) is 39.4 Å². The predicted octanol–water partition coefficient (Wildman–Crippen LogP) is 0.174. The van der Waals surface area contributed by atoms with Gasteiger partial charge >= 0.3 is 5.97 Å². The Hall–Kier alpha value is -0.610. The van der Waals surface area contributed by atoms with Gasteiger partial charge in [-0.1, -0.05) is 0 Å². The number of methoxy groups -OCH3 is 2. The van der Waals surface area contributed by atoms with Crippen molar-refractivity contribution in [2.24, 2.45) is 0 Å². The van der Waals surface area contributed by atoms with Crippen LogP contribution in [0, 0.1) is 0 Å². The summed E-state index contributed by atoms with van der Waals surface area (Å²) in [6.07, 6.45) is 0.403. The first-order chi connectivity index (χ1) is 5.70. The minimum absolute atomic E-state index is 0.146. The monoisotopic (exact) mass is 175 g/mol. The van der Waals surface area contributed by atoms with Gasteiger partial charge in [0.2, 0.25) is 0 Å². The standard InChI is InChI=1S/C8H17NO3/c1-7(6-8(10)12-3)9-4-5-11-2/h7,9H,4-6H2,1-3H3. The number of hydrogen-bond donors (Lipinski definition) is 1. The van der Waals surface area contributed by atoms with E-state index >= 15 is 0 Å². The Kier molecular flexibility index (Phi) is 6.70. The molecule has 0 aliphatic rings. The molecule has 0 fully saturated rings. The van der Waals surface area contributed by atoms with Crippen LogP contribution in [-0.2, 0) is 14.3 Å². The Labute approximate surface area is 73.2 Å². The van der Waals surface area contributed by atoms with Gasteiger partial charge in [-0.25, -0.2) is 0 Å². The normalized spacial score (nSPS) is 12.6. The van der Waals surface area contributed by atoms with Gasteiger partial charge in [-0.2, -0.15) is 0 Å². The van der Waals surface area contributed by atoms with Gasteiger partial charge in [0.05, 0.1) is 20.1 Å². The molecule has 0 aliphatic carbocycles. The molecule has 72 valence electrons. The van der Waals surface area contributed by atoms with Crippen molar-refractivity contribution in [3.63, 3.8) is 0 Å². The molecule has 0 radical (unpaired) electrons. The summed E-state index contributed by atoms with van der Waals surface area (Å²) in [5, 5.41) is 3.12. The quantitative estimate of drug-likeness (QED) is 0.462. The molecule has 1 unspecified atom stereocenters. The van der Waals surface area contributed by atoms with Crippen LogP contribution in [0.15, 0.2) is 0 Å². The lowest BCUT2D eigenvalue weighted by atomic mass is 10.2. The Morgan fingerprint density at radius 2 is 2.17 bits per heavy atom. The molecule has 12 heavy (non-hydrogen) atoms. The van der Waals surface area contributed by atoms with Gasteiger partial charge in [0.1, 0.15) is 0 Å². The zero-order chi connectivity index (χ0) is 9.40. The summed E-state index contributed by atoms with van der Waals surface area (Å²) < 4.78 is 9.36. The summed E-state index contributed by atoms with van der Waals surface area (Å²) >= 11 is 0. The highest BCUT2D eigenvalue weighted by atomic mass is 16.5. The van der Waals surface area contributed by atoms with Crippen LogP contribution in [0.2, 0.25) is 0 Å². The van der Waals surface area contributed by atoms with Crippen molar-refractivity contribution in [3.05, 3.63) is 0 Å². The third kappa shape index (κ3) is 6.12. The summed E-state index contributed by atoms with van der Waals surface area (Å²) in [7, 11) is 3.04. The first-order valence-corrected chi connectivity index (χ1v) is 3.99. The van der Waals surface area contributed by atoms with Crippen molar-refractivity contribution in [3.8, 4) is 0 Å².